The largest absolute Gasteiger partial charge is 0.496 e. The van der Waals surface area contributed by atoms with Gasteiger partial charge in [0.15, 0.2) is 5.78 Å². The van der Waals surface area contributed by atoms with Crippen LogP contribution in [-0.2, 0) is 9.57 Å². The van der Waals surface area contributed by atoms with E-state index < -0.39 is 0 Å². The monoisotopic (exact) mass is 436 g/mol. The van der Waals surface area contributed by atoms with E-state index in [1.54, 1.807) is 49.4 Å². The fourth-order valence-corrected chi connectivity index (χ4v) is 4.67. The summed E-state index contributed by atoms with van der Waals surface area (Å²) in [5.41, 5.74) is 1.54. The number of thioether (sulfide) groups is 1. The highest BCUT2D eigenvalue weighted by atomic mass is 35.5. The molecule has 1 fully saturated rings. The normalized spacial score (nSPS) is 20.9. The Morgan fingerprint density at radius 3 is 2.97 bits per heavy atom. The highest BCUT2D eigenvalue weighted by Crippen LogP contribution is 2.43. The van der Waals surface area contributed by atoms with Crippen LogP contribution >= 0.6 is 23.4 Å². The molecule has 1 saturated heterocycles. The summed E-state index contributed by atoms with van der Waals surface area (Å²) in [5.74, 6) is 0.353. The van der Waals surface area contributed by atoms with Crippen molar-refractivity contribution in [3.63, 3.8) is 0 Å². The third kappa shape index (κ3) is 5.35. The molecule has 0 bridgehead atoms. The van der Waals surface area contributed by atoms with Gasteiger partial charge in [-0.15, -0.1) is 0 Å². The molecule has 156 valence electrons. The number of ketones is 1. The number of carbonyl (C=O) groups is 1. The van der Waals surface area contributed by atoms with Crippen LogP contribution in [0.3, 0.4) is 0 Å². The molecule has 0 amide bonds. The Balaban J connectivity index is 1.87. The zero-order chi connectivity index (χ0) is 20.8. The first kappa shape index (κ1) is 21.7. The average molecular weight is 437 g/mol. The zero-order valence-electron chi connectivity index (χ0n) is 16.8. The van der Waals surface area contributed by atoms with E-state index in [1.165, 1.54) is 7.11 Å². The second kappa shape index (κ2) is 10.2. The molecule has 2 aliphatic rings. The van der Waals surface area contributed by atoms with Gasteiger partial charge in [0.05, 0.1) is 23.8 Å². The van der Waals surface area contributed by atoms with Gasteiger partial charge in [0.2, 0.25) is 0 Å². The number of allylic oxidation sites excluding steroid dienone is 3. The van der Waals surface area contributed by atoms with Crippen molar-refractivity contribution in [3.8, 4) is 5.75 Å². The highest BCUT2D eigenvalue weighted by molar-refractivity contribution is 8.07. The molecule has 0 radical (unpaired) electrons. The Labute approximate surface area is 180 Å². The van der Waals surface area contributed by atoms with Gasteiger partial charge in [-0.05, 0) is 38.0 Å². The third-order valence-corrected chi connectivity index (χ3v) is 6.34. The first-order valence-corrected chi connectivity index (χ1v) is 10.6. The molecule has 0 aliphatic carbocycles. The van der Waals surface area contributed by atoms with Gasteiger partial charge in [-0.25, -0.2) is 0 Å². The smallest absolute Gasteiger partial charge is 0.192 e. The van der Waals surface area contributed by atoms with Crippen molar-refractivity contribution in [1.29, 1.82) is 0 Å². The summed E-state index contributed by atoms with van der Waals surface area (Å²) in [4.78, 5) is 21.1. The van der Waals surface area contributed by atoms with E-state index in [9.17, 15) is 4.79 Å². The van der Waals surface area contributed by atoms with Crippen molar-refractivity contribution in [2.45, 2.75) is 32.3 Å². The maximum absolute atomic E-state index is 13.0. The summed E-state index contributed by atoms with van der Waals surface area (Å²) in [6.07, 6.45) is 6.27. The standard InChI is InChI=1S/C21H25ClN2O4S/c1-14-20(8-9-23-27-3)29-21(24(14)13-16-5-4-10-28-16)12-18(25)17-11-15(22)6-7-19(17)26-2/h6-7,9,11-12,16H,4-5,8,10,13H2,1-3H3/b21-12-,23-9+. The van der Waals surface area contributed by atoms with Crippen molar-refractivity contribution >= 4 is 35.4 Å². The fraction of sp³-hybridized carbons (Fsp3) is 0.429. The molecule has 1 unspecified atom stereocenters. The van der Waals surface area contributed by atoms with E-state index in [0.29, 0.717) is 22.8 Å². The number of carbonyl (C=O) groups excluding carboxylic acids is 1. The second-order valence-corrected chi connectivity index (χ2v) is 8.27. The van der Waals surface area contributed by atoms with Gasteiger partial charge in [-0.1, -0.05) is 28.5 Å². The summed E-state index contributed by atoms with van der Waals surface area (Å²) in [6.45, 7) is 3.57. The third-order valence-electron chi connectivity index (χ3n) is 4.85. The summed E-state index contributed by atoms with van der Waals surface area (Å²) >= 11 is 7.67. The maximum Gasteiger partial charge on any atom is 0.192 e. The number of rotatable bonds is 8. The molecule has 3 rings (SSSR count). The minimum Gasteiger partial charge on any atom is -0.496 e. The van der Waals surface area contributed by atoms with E-state index in [1.807, 2.05) is 0 Å². The lowest BCUT2D eigenvalue weighted by Gasteiger charge is -2.24. The van der Waals surface area contributed by atoms with Crippen LogP contribution in [0.2, 0.25) is 5.02 Å². The summed E-state index contributed by atoms with van der Waals surface area (Å²) in [7, 11) is 3.06. The molecule has 0 N–H and O–H groups in total. The van der Waals surface area contributed by atoms with Gasteiger partial charge in [-0.3, -0.25) is 4.79 Å². The predicted molar refractivity (Wildman–Crippen MR) is 117 cm³/mol. The van der Waals surface area contributed by atoms with Crippen LogP contribution in [0, 0.1) is 0 Å². The van der Waals surface area contributed by atoms with Crippen molar-refractivity contribution in [2.24, 2.45) is 5.16 Å². The Kier molecular flexibility index (Phi) is 7.64. The number of ether oxygens (including phenoxy) is 2. The van der Waals surface area contributed by atoms with E-state index in [4.69, 9.17) is 25.9 Å². The quantitative estimate of drug-likeness (QED) is 0.251. The van der Waals surface area contributed by atoms with Gasteiger partial charge in [0, 0.05) is 47.5 Å². The number of benzene rings is 1. The minimum atomic E-state index is -0.149. The molecular formula is C21H25ClN2O4S. The second-order valence-electron chi connectivity index (χ2n) is 6.72. The predicted octanol–water partition coefficient (Wildman–Crippen LogP) is 4.85. The van der Waals surface area contributed by atoms with Gasteiger partial charge < -0.3 is 19.2 Å². The molecule has 1 aromatic rings. The highest BCUT2D eigenvalue weighted by Gasteiger charge is 2.29. The average Bonchev–Trinajstić information content (AvgIpc) is 3.32. The molecule has 6 nitrogen and oxygen atoms in total. The van der Waals surface area contributed by atoms with Crippen LogP contribution in [0.5, 0.6) is 5.75 Å². The molecule has 0 aromatic heterocycles. The molecule has 0 saturated carbocycles. The summed E-state index contributed by atoms with van der Waals surface area (Å²) < 4.78 is 11.2. The summed E-state index contributed by atoms with van der Waals surface area (Å²) in [5, 5.41) is 5.19. The van der Waals surface area contributed by atoms with Crippen LogP contribution in [-0.4, -0.2) is 50.4 Å². The molecule has 1 aromatic carbocycles. The first-order valence-electron chi connectivity index (χ1n) is 9.44. The topological polar surface area (TPSA) is 60.4 Å². The minimum absolute atomic E-state index is 0.149. The van der Waals surface area contributed by atoms with Crippen molar-refractivity contribution in [2.75, 3.05) is 27.4 Å². The molecule has 0 spiro atoms. The van der Waals surface area contributed by atoms with E-state index in [2.05, 4.69) is 17.0 Å². The lowest BCUT2D eigenvalue weighted by Crippen LogP contribution is -2.28. The number of oxime groups is 1. The van der Waals surface area contributed by atoms with Crippen LogP contribution in [0.25, 0.3) is 0 Å². The molecule has 2 heterocycles. The van der Waals surface area contributed by atoms with Gasteiger partial charge in [0.1, 0.15) is 12.9 Å². The first-order chi connectivity index (χ1) is 14.0. The molecule has 2 aliphatic heterocycles. The van der Waals surface area contributed by atoms with Gasteiger partial charge >= 0.3 is 0 Å². The SMILES string of the molecule is CO/N=C/CC1=C(C)N(CC2CCCO2)/C(=C/C(=O)c2cc(Cl)ccc2OC)S1. The number of methoxy groups -OCH3 is 1. The van der Waals surface area contributed by atoms with E-state index >= 15 is 0 Å². The Morgan fingerprint density at radius 2 is 2.28 bits per heavy atom. The lowest BCUT2D eigenvalue weighted by molar-refractivity contribution is 0.0923. The van der Waals surface area contributed by atoms with Crippen molar-refractivity contribution in [3.05, 3.63) is 50.5 Å². The van der Waals surface area contributed by atoms with Crippen LogP contribution < -0.4 is 4.74 Å². The van der Waals surface area contributed by atoms with E-state index in [-0.39, 0.29) is 11.9 Å². The van der Waals surface area contributed by atoms with E-state index in [0.717, 1.165) is 41.6 Å². The van der Waals surface area contributed by atoms with Crippen molar-refractivity contribution < 1.29 is 19.1 Å². The van der Waals surface area contributed by atoms with Crippen LogP contribution in [0.15, 0.2) is 45.1 Å². The zero-order valence-corrected chi connectivity index (χ0v) is 18.4. The fourth-order valence-electron chi connectivity index (χ4n) is 3.34. The van der Waals surface area contributed by atoms with Crippen LogP contribution in [0.4, 0.5) is 0 Å². The number of nitrogens with zero attached hydrogens (tertiary/aromatic N) is 2. The van der Waals surface area contributed by atoms with Crippen LogP contribution in [0.1, 0.15) is 36.5 Å². The Morgan fingerprint density at radius 1 is 1.45 bits per heavy atom. The molecule has 8 heteroatoms. The van der Waals surface area contributed by atoms with Crippen molar-refractivity contribution in [1.82, 2.24) is 4.90 Å². The number of hydrogen-bond donors (Lipinski definition) is 0. The summed E-state index contributed by atoms with van der Waals surface area (Å²) in [6, 6.07) is 5.05. The number of halogens is 1. The van der Waals surface area contributed by atoms with Gasteiger partial charge in [-0.2, -0.15) is 0 Å². The Bertz CT molecular complexity index is 847. The Hall–Kier alpha value is -1.96. The maximum atomic E-state index is 13.0. The van der Waals surface area contributed by atoms with Gasteiger partial charge in [0.25, 0.3) is 0 Å². The molecular weight excluding hydrogens is 412 g/mol. The number of hydrogen-bond acceptors (Lipinski definition) is 7. The molecule has 1 atom stereocenters. The lowest BCUT2D eigenvalue weighted by atomic mass is 10.1. The molecule has 29 heavy (non-hydrogen) atoms.